The first kappa shape index (κ1) is 18.4. The van der Waals surface area contributed by atoms with Crippen molar-refractivity contribution in [3.8, 4) is 11.4 Å². The number of benzene rings is 2. The van der Waals surface area contributed by atoms with Crippen molar-refractivity contribution < 1.29 is 9.53 Å². The number of tetrazole rings is 1. The lowest BCUT2D eigenvalue weighted by molar-refractivity contribution is -0.113. The van der Waals surface area contributed by atoms with Gasteiger partial charge < -0.3 is 10.1 Å². The van der Waals surface area contributed by atoms with Gasteiger partial charge in [0.25, 0.3) is 0 Å². The number of hydrogen-bond donors (Lipinski definition) is 1. The lowest BCUT2D eigenvalue weighted by Gasteiger charge is -2.09. The Hall–Kier alpha value is -2.39. The fourth-order valence-corrected chi connectivity index (χ4v) is 3.20. The van der Waals surface area contributed by atoms with Crippen LogP contribution in [0.5, 0.6) is 5.75 Å². The summed E-state index contributed by atoms with van der Waals surface area (Å²) < 4.78 is 7.90. The van der Waals surface area contributed by atoms with Gasteiger partial charge in [-0.25, -0.2) is 0 Å². The number of carbonyl (C=O) groups is 1. The van der Waals surface area contributed by atoms with Crippen LogP contribution in [0.4, 0.5) is 5.69 Å². The van der Waals surface area contributed by atoms with Crippen LogP contribution in [-0.4, -0.2) is 39.0 Å². The van der Waals surface area contributed by atoms with Crippen LogP contribution in [0, 0.1) is 6.92 Å². The first-order valence-electron chi connectivity index (χ1n) is 7.69. The molecular weight excluding hydrogens is 418 g/mol. The minimum Gasteiger partial charge on any atom is -0.494 e. The van der Waals surface area contributed by atoms with E-state index in [2.05, 4.69) is 36.8 Å². The van der Waals surface area contributed by atoms with E-state index in [1.54, 1.807) is 11.8 Å². The monoisotopic (exact) mass is 433 g/mol. The molecule has 0 spiro atoms. The fraction of sp³-hybridized carbons (Fsp3) is 0.176. The largest absolute Gasteiger partial charge is 0.494 e. The van der Waals surface area contributed by atoms with Gasteiger partial charge in [-0.1, -0.05) is 39.8 Å². The van der Waals surface area contributed by atoms with Crippen molar-refractivity contribution in [2.24, 2.45) is 0 Å². The molecule has 1 heterocycles. The van der Waals surface area contributed by atoms with Gasteiger partial charge >= 0.3 is 0 Å². The summed E-state index contributed by atoms with van der Waals surface area (Å²) in [6, 6.07) is 13.1. The summed E-state index contributed by atoms with van der Waals surface area (Å²) in [6.45, 7) is 1.97. The van der Waals surface area contributed by atoms with E-state index in [-0.39, 0.29) is 11.7 Å². The number of ether oxygens (including phenoxy) is 1. The van der Waals surface area contributed by atoms with E-state index in [4.69, 9.17) is 4.74 Å². The minimum atomic E-state index is -0.133. The third-order valence-electron chi connectivity index (χ3n) is 3.53. The topological polar surface area (TPSA) is 81.9 Å². The van der Waals surface area contributed by atoms with Gasteiger partial charge in [-0.05, 0) is 53.2 Å². The zero-order valence-corrected chi connectivity index (χ0v) is 16.5. The molecule has 0 aliphatic rings. The molecule has 0 saturated heterocycles. The number of anilines is 1. The molecular formula is C17H16BrN5O2S. The Bertz CT molecular complexity index is 931. The second kappa shape index (κ2) is 8.33. The third-order valence-corrected chi connectivity index (χ3v) is 5.34. The van der Waals surface area contributed by atoms with Crippen LogP contribution >= 0.6 is 27.7 Å². The van der Waals surface area contributed by atoms with Gasteiger partial charge in [0.05, 0.1) is 12.9 Å². The zero-order valence-electron chi connectivity index (χ0n) is 14.1. The number of nitrogens with one attached hydrogen (secondary N) is 1. The average Bonchev–Trinajstić information content (AvgIpc) is 3.11. The molecule has 3 rings (SSSR count). The maximum absolute atomic E-state index is 12.2. The van der Waals surface area contributed by atoms with Crippen LogP contribution in [0.3, 0.4) is 0 Å². The van der Waals surface area contributed by atoms with Gasteiger partial charge in [0.1, 0.15) is 11.4 Å². The Morgan fingerprint density at radius 1 is 1.31 bits per heavy atom. The summed E-state index contributed by atoms with van der Waals surface area (Å²) in [5.41, 5.74) is 2.52. The number of rotatable bonds is 6. The number of carbonyl (C=O) groups excluding carboxylic acids is 1. The molecule has 0 fully saturated rings. The molecule has 1 aromatic heterocycles. The van der Waals surface area contributed by atoms with Crippen LogP contribution in [0.2, 0.25) is 0 Å². The first-order valence-corrected chi connectivity index (χ1v) is 9.47. The summed E-state index contributed by atoms with van der Waals surface area (Å²) in [5.74, 6) is 0.702. The summed E-state index contributed by atoms with van der Waals surface area (Å²) >= 11 is 4.69. The van der Waals surface area contributed by atoms with Crippen LogP contribution < -0.4 is 10.1 Å². The number of halogens is 1. The standard InChI is InChI=1S/C17H16BrN5O2S/c1-11-9-12(7-8-13(11)18)19-16(24)10-26-17-20-21-22-23(17)14-5-3-4-6-15(14)25-2/h3-9H,10H2,1-2H3,(H,19,24). The second-order valence-corrected chi connectivity index (χ2v) is 7.14. The Kier molecular flexibility index (Phi) is 5.89. The van der Waals surface area contributed by atoms with Crippen molar-refractivity contribution in [2.45, 2.75) is 12.1 Å². The van der Waals surface area contributed by atoms with Crippen LogP contribution in [0.25, 0.3) is 5.69 Å². The Labute approximate surface area is 163 Å². The molecule has 0 bridgehead atoms. The van der Waals surface area contributed by atoms with Gasteiger partial charge in [-0.2, -0.15) is 4.68 Å². The number of nitrogens with zero attached hydrogens (tertiary/aromatic N) is 4. The third kappa shape index (κ3) is 4.23. The Morgan fingerprint density at radius 3 is 2.88 bits per heavy atom. The molecule has 0 radical (unpaired) electrons. The lowest BCUT2D eigenvalue weighted by Crippen LogP contribution is -2.14. The van der Waals surface area contributed by atoms with E-state index in [9.17, 15) is 4.79 Å². The number of aromatic nitrogens is 4. The maximum atomic E-state index is 12.2. The number of methoxy groups -OCH3 is 1. The van der Waals surface area contributed by atoms with E-state index in [0.29, 0.717) is 16.6 Å². The molecule has 0 unspecified atom stereocenters. The van der Waals surface area contributed by atoms with Gasteiger partial charge in [-0.3, -0.25) is 4.79 Å². The molecule has 0 atom stereocenters. The van der Waals surface area contributed by atoms with Crippen molar-refractivity contribution in [1.29, 1.82) is 0 Å². The summed E-state index contributed by atoms with van der Waals surface area (Å²) in [6.07, 6.45) is 0. The number of para-hydroxylation sites is 2. The van der Waals surface area contributed by atoms with Crippen molar-refractivity contribution in [2.75, 3.05) is 18.2 Å². The number of hydrogen-bond acceptors (Lipinski definition) is 6. The minimum absolute atomic E-state index is 0.133. The predicted molar refractivity (Wildman–Crippen MR) is 104 cm³/mol. The quantitative estimate of drug-likeness (QED) is 0.599. The number of amides is 1. The SMILES string of the molecule is COc1ccccc1-n1nnnc1SCC(=O)Nc1ccc(Br)c(C)c1. The lowest BCUT2D eigenvalue weighted by atomic mass is 10.2. The highest BCUT2D eigenvalue weighted by molar-refractivity contribution is 9.10. The molecule has 1 N–H and O–H groups in total. The van der Waals surface area contributed by atoms with E-state index in [0.717, 1.165) is 15.7 Å². The molecule has 2 aromatic carbocycles. The fourth-order valence-electron chi connectivity index (χ4n) is 2.27. The van der Waals surface area contributed by atoms with Crippen molar-refractivity contribution >= 4 is 39.3 Å². The number of aryl methyl sites for hydroxylation is 1. The van der Waals surface area contributed by atoms with E-state index in [1.807, 2.05) is 49.4 Å². The highest BCUT2D eigenvalue weighted by Crippen LogP contribution is 2.26. The van der Waals surface area contributed by atoms with Crippen LogP contribution in [0.15, 0.2) is 52.1 Å². The first-order chi connectivity index (χ1) is 12.6. The molecule has 0 saturated carbocycles. The van der Waals surface area contributed by atoms with Crippen LogP contribution in [0.1, 0.15) is 5.56 Å². The average molecular weight is 434 g/mol. The van der Waals surface area contributed by atoms with Crippen molar-refractivity contribution in [3.05, 3.63) is 52.5 Å². The van der Waals surface area contributed by atoms with E-state index < -0.39 is 0 Å². The number of thioether (sulfide) groups is 1. The Morgan fingerprint density at radius 2 is 2.12 bits per heavy atom. The molecule has 9 heteroatoms. The molecule has 0 aliphatic heterocycles. The Balaban J connectivity index is 1.68. The smallest absolute Gasteiger partial charge is 0.234 e. The molecule has 7 nitrogen and oxygen atoms in total. The molecule has 1 amide bonds. The van der Waals surface area contributed by atoms with Crippen molar-refractivity contribution in [1.82, 2.24) is 20.2 Å². The van der Waals surface area contributed by atoms with E-state index >= 15 is 0 Å². The highest BCUT2D eigenvalue weighted by atomic mass is 79.9. The molecule has 26 heavy (non-hydrogen) atoms. The van der Waals surface area contributed by atoms with Gasteiger partial charge in [-0.15, -0.1) is 5.10 Å². The van der Waals surface area contributed by atoms with Crippen LogP contribution in [-0.2, 0) is 4.79 Å². The van der Waals surface area contributed by atoms with Gasteiger partial charge in [0.15, 0.2) is 0 Å². The van der Waals surface area contributed by atoms with Gasteiger partial charge in [0.2, 0.25) is 11.1 Å². The molecule has 0 aliphatic carbocycles. The molecule has 3 aromatic rings. The predicted octanol–water partition coefficient (Wildman–Crippen LogP) is 3.47. The maximum Gasteiger partial charge on any atom is 0.234 e. The van der Waals surface area contributed by atoms with Crippen molar-refractivity contribution in [3.63, 3.8) is 0 Å². The zero-order chi connectivity index (χ0) is 18.5. The highest BCUT2D eigenvalue weighted by Gasteiger charge is 2.14. The van der Waals surface area contributed by atoms with Gasteiger partial charge in [0, 0.05) is 10.2 Å². The second-order valence-electron chi connectivity index (χ2n) is 5.35. The summed E-state index contributed by atoms with van der Waals surface area (Å²) in [7, 11) is 1.59. The normalized spacial score (nSPS) is 10.6. The molecule has 134 valence electrons. The summed E-state index contributed by atoms with van der Waals surface area (Å²) in [4.78, 5) is 12.2. The van der Waals surface area contributed by atoms with E-state index in [1.165, 1.54) is 11.8 Å². The summed E-state index contributed by atoms with van der Waals surface area (Å²) in [5, 5.41) is 15.1.